The van der Waals surface area contributed by atoms with Crippen LogP contribution in [0.2, 0.25) is 5.02 Å². The van der Waals surface area contributed by atoms with Crippen LogP contribution >= 0.6 is 11.6 Å². The molecule has 1 aromatic carbocycles. The minimum absolute atomic E-state index is 0.772. The zero-order chi connectivity index (χ0) is 9.71. The number of aryl methyl sites for hydroxylation is 1. The van der Waals surface area contributed by atoms with Crippen molar-refractivity contribution < 1.29 is 0 Å². The number of rotatable bonds is 0. The zero-order valence-corrected chi connectivity index (χ0v) is 8.34. The molecule has 0 spiro atoms. The molecule has 0 bridgehead atoms. The van der Waals surface area contributed by atoms with Crippen molar-refractivity contribution in [3.63, 3.8) is 0 Å². The standard InChI is InChI=1S/C10H8ClN3/c1-6-4-8-9(5-7(6)11)14-10(13-8)2-3-12-14/h2-5,13H,1H3. The number of hydrogen-bond donors (Lipinski definition) is 1. The van der Waals surface area contributed by atoms with Crippen molar-refractivity contribution in [1.29, 1.82) is 0 Å². The van der Waals surface area contributed by atoms with Gasteiger partial charge in [-0.1, -0.05) is 11.6 Å². The van der Waals surface area contributed by atoms with Gasteiger partial charge in [-0.3, -0.25) is 0 Å². The molecule has 0 amide bonds. The van der Waals surface area contributed by atoms with E-state index in [0.29, 0.717) is 0 Å². The number of H-pyrrole nitrogens is 1. The van der Waals surface area contributed by atoms with E-state index >= 15 is 0 Å². The molecule has 14 heavy (non-hydrogen) atoms. The second kappa shape index (κ2) is 2.51. The molecule has 3 rings (SSSR count). The Hall–Kier alpha value is -1.48. The molecule has 0 saturated heterocycles. The topological polar surface area (TPSA) is 33.1 Å². The average molecular weight is 206 g/mol. The first-order valence-corrected chi connectivity index (χ1v) is 4.75. The first-order valence-electron chi connectivity index (χ1n) is 4.37. The van der Waals surface area contributed by atoms with Gasteiger partial charge >= 0.3 is 0 Å². The number of nitrogens with one attached hydrogen (secondary N) is 1. The van der Waals surface area contributed by atoms with E-state index in [2.05, 4.69) is 10.1 Å². The third-order valence-corrected chi connectivity index (χ3v) is 2.82. The number of aromatic amines is 1. The highest BCUT2D eigenvalue weighted by molar-refractivity contribution is 6.32. The molecule has 0 radical (unpaired) electrons. The normalized spacial score (nSPS) is 11.6. The number of nitrogens with zero attached hydrogens (tertiary/aromatic N) is 2. The van der Waals surface area contributed by atoms with Gasteiger partial charge < -0.3 is 4.98 Å². The predicted octanol–water partition coefficient (Wildman–Crippen LogP) is 2.78. The first kappa shape index (κ1) is 7.88. The summed E-state index contributed by atoms with van der Waals surface area (Å²) in [6.07, 6.45) is 1.76. The number of imidazole rings is 1. The number of benzene rings is 1. The Labute approximate surface area is 85.3 Å². The zero-order valence-electron chi connectivity index (χ0n) is 7.58. The monoisotopic (exact) mass is 205 g/mol. The van der Waals surface area contributed by atoms with Gasteiger partial charge in [-0.25, -0.2) is 4.52 Å². The maximum absolute atomic E-state index is 6.06. The quantitative estimate of drug-likeness (QED) is 0.602. The van der Waals surface area contributed by atoms with Crippen LogP contribution in [0, 0.1) is 6.92 Å². The molecule has 0 fully saturated rings. The van der Waals surface area contributed by atoms with Crippen molar-refractivity contribution in [2.45, 2.75) is 6.92 Å². The molecule has 0 aliphatic carbocycles. The van der Waals surface area contributed by atoms with Crippen molar-refractivity contribution in [1.82, 2.24) is 14.6 Å². The summed E-state index contributed by atoms with van der Waals surface area (Å²) in [5.74, 6) is 0. The van der Waals surface area contributed by atoms with E-state index in [1.165, 1.54) is 0 Å². The number of hydrogen-bond acceptors (Lipinski definition) is 1. The van der Waals surface area contributed by atoms with Gasteiger partial charge in [0.2, 0.25) is 0 Å². The Kier molecular flexibility index (Phi) is 1.42. The fourth-order valence-corrected chi connectivity index (χ4v) is 1.83. The number of aromatic nitrogens is 3. The molecule has 70 valence electrons. The SMILES string of the molecule is Cc1cc2[nH]c3ccnn3c2cc1Cl. The van der Waals surface area contributed by atoms with Gasteiger partial charge in [0, 0.05) is 11.1 Å². The van der Waals surface area contributed by atoms with Crippen molar-refractivity contribution in [3.05, 3.63) is 35.0 Å². The van der Waals surface area contributed by atoms with Crippen LogP contribution < -0.4 is 0 Å². The van der Waals surface area contributed by atoms with Crippen molar-refractivity contribution in [2.75, 3.05) is 0 Å². The van der Waals surface area contributed by atoms with Crippen molar-refractivity contribution in [2.24, 2.45) is 0 Å². The summed E-state index contributed by atoms with van der Waals surface area (Å²) in [5.41, 5.74) is 4.14. The van der Waals surface area contributed by atoms with E-state index in [1.807, 2.05) is 29.6 Å². The summed E-state index contributed by atoms with van der Waals surface area (Å²) in [5, 5.41) is 4.98. The van der Waals surface area contributed by atoms with Gasteiger partial charge in [-0.2, -0.15) is 5.10 Å². The van der Waals surface area contributed by atoms with E-state index in [1.54, 1.807) is 6.20 Å². The molecule has 0 unspecified atom stereocenters. The Morgan fingerprint density at radius 1 is 1.43 bits per heavy atom. The Bertz CT molecular complexity index is 621. The summed E-state index contributed by atoms with van der Waals surface area (Å²) >= 11 is 6.06. The van der Waals surface area contributed by atoms with Crippen LogP contribution in [0.3, 0.4) is 0 Å². The highest BCUT2D eigenvalue weighted by atomic mass is 35.5. The van der Waals surface area contributed by atoms with E-state index in [0.717, 1.165) is 27.3 Å². The van der Waals surface area contributed by atoms with Gasteiger partial charge in [0.15, 0.2) is 0 Å². The molecule has 0 saturated carbocycles. The van der Waals surface area contributed by atoms with Gasteiger partial charge in [0.05, 0.1) is 17.2 Å². The van der Waals surface area contributed by atoms with Crippen LogP contribution in [0.1, 0.15) is 5.56 Å². The molecule has 0 aliphatic rings. The molecular weight excluding hydrogens is 198 g/mol. The minimum Gasteiger partial charge on any atom is -0.338 e. The summed E-state index contributed by atoms with van der Waals surface area (Å²) in [4.78, 5) is 3.27. The molecule has 3 nitrogen and oxygen atoms in total. The van der Waals surface area contributed by atoms with Crippen LogP contribution in [-0.4, -0.2) is 14.6 Å². The smallest absolute Gasteiger partial charge is 0.134 e. The number of fused-ring (bicyclic) bond motifs is 3. The lowest BCUT2D eigenvalue weighted by atomic mass is 10.2. The second-order valence-electron chi connectivity index (χ2n) is 3.37. The largest absolute Gasteiger partial charge is 0.338 e. The molecule has 4 heteroatoms. The van der Waals surface area contributed by atoms with Crippen LogP contribution in [-0.2, 0) is 0 Å². The van der Waals surface area contributed by atoms with E-state index in [4.69, 9.17) is 11.6 Å². The van der Waals surface area contributed by atoms with Gasteiger partial charge in [-0.05, 0) is 24.6 Å². The summed E-state index contributed by atoms with van der Waals surface area (Å²) in [6, 6.07) is 5.90. The fraction of sp³-hybridized carbons (Fsp3) is 0.100. The third-order valence-electron chi connectivity index (χ3n) is 2.41. The third kappa shape index (κ3) is 0.902. The maximum Gasteiger partial charge on any atom is 0.134 e. The van der Waals surface area contributed by atoms with Crippen molar-refractivity contribution in [3.8, 4) is 0 Å². The lowest BCUT2D eigenvalue weighted by Gasteiger charge is -1.96. The highest BCUT2D eigenvalue weighted by Gasteiger charge is 2.06. The maximum atomic E-state index is 6.06. The Morgan fingerprint density at radius 3 is 3.14 bits per heavy atom. The van der Waals surface area contributed by atoms with E-state index in [9.17, 15) is 0 Å². The predicted molar refractivity (Wildman–Crippen MR) is 56.8 cm³/mol. The molecule has 1 N–H and O–H groups in total. The van der Waals surface area contributed by atoms with Crippen LogP contribution in [0.25, 0.3) is 16.7 Å². The van der Waals surface area contributed by atoms with Crippen LogP contribution in [0.15, 0.2) is 24.4 Å². The average Bonchev–Trinajstić information content (AvgIpc) is 2.68. The Morgan fingerprint density at radius 2 is 2.29 bits per heavy atom. The van der Waals surface area contributed by atoms with Gasteiger partial charge in [0.25, 0.3) is 0 Å². The highest BCUT2D eigenvalue weighted by Crippen LogP contribution is 2.23. The molecule has 0 aliphatic heterocycles. The summed E-state index contributed by atoms with van der Waals surface area (Å²) < 4.78 is 1.85. The lowest BCUT2D eigenvalue weighted by molar-refractivity contribution is 1.01. The molecular formula is C10H8ClN3. The van der Waals surface area contributed by atoms with Gasteiger partial charge in [-0.15, -0.1) is 0 Å². The molecule has 2 heterocycles. The molecule has 3 aromatic rings. The first-order chi connectivity index (χ1) is 6.75. The fourth-order valence-electron chi connectivity index (χ4n) is 1.67. The van der Waals surface area contributed by atoms with Crippen molar-refractivity contribution >= 4 is 28.3 Å². The summed E-state index contributed by atoms with van der Waals surface area (Å²) in [7, 11) is 0. The van der Waals surface area contributed by atoms with E-state index in [-0.39, 0.29) is 0 Å². The molecule has 0 atom stereocenters. The van der Waals surface area contributed by atoms with E-state index < -0.39 is 0 Å². The van der Waals surface area contributed by atoms with Gasteiger partial charge in [0.1, 0.15) is 5.65 Å². The second-order valence-corrected chi connectivity index (χ2v) is 3.78. The Balaban J connectivity index is 2.57. The number of halogens is 1. The van der Waals surface area contributed by atoms with Crippen LogP contribution in [0.5, 0.6) is 0 Å². The minimum atomic E-state index is 0.772. The lowest BCUT2D eigenvalue weighted by Crippen LogP contribution is -1.83. The molecule has 2 aromatic heterocycles. The van der Waals surface area contributed by atoms with Crippen LogP contribution in [0.4, 0.5) is 0 Å². The summed E-state index contributed by atoms with van der Waals surface area (Å²) in [6.45, 7) is 1.99.